The predicted molar refractivity (Wildman–Crippen MR) is 79.3 cm³/mol. The number of halogens is 2. The summed E-state index contributed by atoms with van der Waals surface area (Å²) in [6.45, 7) is 0. The molecule has 2 heterocycles. The smallest absolute Gasteiger partial charge is 0.153 e. The number of nitrogens with zero attached hydrogens (tertiary/aromatic N) is 2. The van der Waals surface area contributed by atoms with E-state index in [0.29, 0.717) is 22.6 Å². The highest BCUT2D eigenvalue weighted by molar-refractivity contribution is 9.10. The molecule has 3 rings (SSSR count). The van der Waals surface area contributed by atoms with E-state index in [4.69, 9.17) is 5.73 Å². The van der Waals surface area contributed by atoms with Gasteiger partial charge in [-0.15, -0.1) is 0 Å². The molecule has 0 radical (unpaired) electrons. The fourth-order valence-corrected chi connectivity index (χ4v) is 2.49. The third kappa shape index (κ3) is 2.18. The number of nitrogen functional groups attached to an aromatic ring is 1. The number of aromatic nitrogens is 3. The first-order valence-electron chi connectivity index (χ1n) is 5.86. The monoisotopic (exact) mass is 332 g/mol. The average Bonchev–Trinajstić information content (AvgIpc) is 2.84. The number of anilines is 1. The van der Waals surface area contributed by atoms with Gasteiger partial charge >= 0.3 is 0 Å². The number of benzene rings is 1. The van der Waals surface area contributed by atoms with Gasteiger partial charge in [0, 0.05) is 28.0 Å². The van der Waals surface area contributed by atoms with E-state index in [1.807, 2.05) is 12.1 Å². The van der Waals surface area contributed by atoms with Crippen LogP contribution in [0.2, 0.25) is 0 Å². The standard InChI is InChI=1S/C14H10BrFN4/c15-11-4-3-9(16)6-10(11)13-12(14(17)20-19-13)8-2-1-5-18-7-8/h1-7H,(H3,17,19,20). The molecule has 1 aromatic carbocycles. The summed E-state index contributed by atoms with van der Waals surface area (Å²) < 4.78 is 14.2. The molecule has 0 aliphatic carbocycles. The van der Waals surface area contributed by atoms with E-state index < -0.39 is 0 Å². The molecular weight excluding hydrogens is 323 g/mol. The highest BCUT2D eigenvalue weighted by Crippen LogP contribution is 2.37. The minimum absolute atomic E-state index is 0.325. The fraction of sp³-hybridized carbons (Fsp3) is 0. The molecule has 0 spiro atoms. The van der Waals surface area contributed by atoms with Crippen molar-refractivity contribution in [3.8, 4) is 22.4 Å². The minimum atomic E-state index is -0.325. The average molecular weight is 333 g/mol. The van der Waals surface area contributed by atoms with Crippen LogP contribution in [0.15, 0.2) is 47.2 Å². The number of hydrogen-bond acceptors (Lipinski definition) is 3. The zero-order valence-corrected chi connectivity index (χ0v) is 11.9. The number of pyridine rings is 1. The summed E-state index contributed by atoms with van der Waals surface area (Å²) in [4.78, 5) is 4.07. The molecule has 0 fully saturated rings. The molecule has 4 nitrogen and oxygen atoms in total. The van der Waals surface area contributed by atoms with E-state index in [2.05, 4.69) is 31.1 Å². The van der Waals surface area contributed by atoms with Crippen molar-refractivity contribution < 1.29 is 4.39 Å². The van der Waals surface area contributed by atoms with Gasteiger partial charge in [0.2, 0.25) is 0 Å². The molecule has 0 aliphatic rings. The highest BCUT2D eigenvalue weighted by atomic mass is 79.9. The van der Waals surface area contributed by atoms with E-state index >= 15 is 0 Å². The van der Waals surface area contributed by atoms with Crippen molar-refractivity contribution in [3.63, 3.8) is 0 Å². The molecule has 0 saturated carbocycles. The maximum atomic E-state index is 13.5. The Morgan fingerprint density at radius 1 is 1.25 bits per heavy atom. The largest absolute Gasteiger partial charge is 0.382 e. The molecule has 6 heteroatoms. The molecular formula is C14H10BrFN4. The van der Waals surface area contributed by atoms with Gasteiger partial charge in [-0.3, -0.25) is 10.1 Å². The molecule has 100 valence electrons. The lowest BCUT2D eigenvalue weighted by atomic mass is 10.0. The number of H-pyrrole nitrogens is 1. The van der Waals surface area contributed by atoms with E-state index in [1.165, 1.54) is 12.1 Å². The second-order valence-electron chi connectivity index (χ2n) is 4.22. The summed E-state index contributed by atoms with van der Waals surface area (Å²) in [5.41, 5.74) is 8.77. The summed E-state index contributed by atoms with van der Waals surface area (Å²) in [6, 6.07) is 8.15. The van der Waals surface area contributed by atoms with Crippen molar-refractivity contribution in [1.29, 1.82) is 0 Å². The zero-order valence-electron chi connectivity index (χ0n) is 10.3. The third-order valence-electron chi connectivity index (χ3n) is 2.94. The fourth-order valence-electron chi connectivity index (χ4n) is 2.04. The number of nitrogens with one attached hydrogen (secondary N) is 1. The van der Waals surface area contributed by atoms with Crippen molar-refractivity contribution in [3.05, 3.63) is 53.0 Å². The first kappa shape index (κ1) is 12.8. The molecule has 0 unspecified atom stereocenters. The third-order valence-corrected chi connectivity index (χ3v) is 3.63. The molecule has 20 heavy (non-hydrogen) atoms. The van der Waals surface area contributed by atoms with Gasteiger partial charge in [-0.2, -0.15) is 5.10 Å². The van der Waals surface area contributed by atoms with E-state index in [9.17, 15) is 4.39 Å². The number of hydrogen-bond donors (Lipinski definition) is 2. The second-order valence-corrected chi connectivity index (χ2v) is 5.08. The Balaban J connectivity index is 2.24. The van der Waals surface area contributed by atoms with Crippen molar-refractivity contribution in [2.75, 3.05) is 5.73 Å². The van der Waals surface area contributed by atoms with Crippen LogP contribution in [0.1, 0.15) is 0 Å². The number of nitrogens with two attached hydrogens (primary N) is 1. The van der Waals surface area contributed by atoms with Crippen molar-refractivity contribution in [1.82, 2.24) is 15.2 Å². The highest BCUT2D eigenvalue weighted by Gasteiger charge is 2.17. The van der Waals surface area contributed by atoms with Gasteiger partial charge in [-0.25, -0.2) is 4.39 Å². The maximum absolute atomic E-state index is 13.5. The molecule has 0 saturated heterocycles. The molecule has 0 atom stereocenters. The normalized spacial score (nSPS) is 10.7. The lowest BCUT2D eigenvalue weighted by Crippen LogP contribution is -1.90. The van der Waals surface area contributed by atoms with Crippen LogP contribution < -0.4 is 5.73 Å². The van der Waals surface area contributed by atoms with Gasteiger partial charge < -0.3 is 5.73 Å². The minimum Gasteiger partial charge on any atom is -0.382 e. The Morgan fingerprint density at radius 3 is 2.85 bits per heavy atom. The van der Waals surface area contributed by atoms with Gasteiger partial charge in [-0.1, -0.05) is 22.0 Å². The first-order chi connectivity index (χ1) is 9.66. The van der Waals surface area contributed by atoms with Crippen LogP contribution in [0.3, 0.4) is 0 Å². The van der Waals surface area contributed by atoms with E-state index in [-0.39, 0.29) is 5.82 Å². The van der Waals surface area contributed by atoms with E-state index in [1.54, 1.807) is 18.5 Å². The topological polar surface area (TPSA) is 67.6 Å². The van der Waals surface area contributed by atoms with Crippen LogP contribution in [0.25, 0.3) is 22.4 Å². The summed E-state index contributed by atoms with van der Waals surface area (Å²) in [7, 11) is 0. The quantitative estimate of drug-likeness (QED) is 0.753. The van der Waals surface area contributed by atoms with Crippen LogP contribution >= 0.6 is 15.9 Å². The van der Waals surface area contributed by atoms with Crippen LogP contribution in [0.4, 0.5) is 10.2 Å². The lowest BCUT2D eigenvalue weighted by molar-refractivity contribution is 0.628. The Morgan fingerprint density at radius 2 is 2.10 bits per heavy atom. The van der Waals surface area contributed by atoms with Gasteiger partial charge in [0.15, 0.2) is 5.82 Å². The molecule has 3 N–H and O–H groups in total. The molecule has 2 aromatic heterocycles. The first-order valence-corrected chi connectivity index (χ1v) is 6.66. The van der Waals surface area contributed by atoms with E-state index in [0.717, 1.165) is 10.0 Å². The maximum Gasteiger partial charge on any atom is 0.153 e. The molecule has 0 amide bonds. The van der Waals surface area contributed by atoms with Crippen molar-refractivity contribution >= 4 is 21.7 Å². The van der Waals surface area contributed by atoms with Gasteiger partial charge in [0.05, 0.1) is 11.3 Å². The zero-order chi connectivity index (χ0) is 14.1. The van der Waals surface area contributed by atoms with Crippen LogP contribution in [0.5, 0.6) is 0 Å². The Hall–Kier alpha value is -2.21. The molecule has 0 bridgehead atoms. The van der Waals surface area contributed by atoms with Gasteiger partial charge in [0.1, 0.15) is 5.82 Å². The SMILES string of the molecule is Nc1n[nH]c(-c2cc(F)ccc2Br)c1-c1cccnc1. The molecule has 0 aliphatic heterocycles. The van der Waals surface area contributed by atoms with Gasteiger partial charge in [0.25, 0.3) is 0 Å². The predicted octanol–water partition coefficient (Wildman–Crippen LogP) is 3.62. The van der Waals surface area contributed by atoms with Crippen LogP contribution in [0, 0.1) is 5.82 Å². The summed E-state index contributed by atoms with van der Waals surface area (Å²) in [6.07, 6.45) is 3.37. The van der Waals surface area contributed by atoms with Crippen LogP contribution in [-0.4, -0.2) is 15.2 Å². The van der Waals surface area contributed by atoms with Crippen molar-refractivity contribution in [2.24, 2.45) is 0 Å². The Bertz CT molecular complexity index is 755. The Kier molecular flexibility index (Phi) is 3.23. The van der Waals surface area contributed by atoms with Gasteiger partial charge in [-0.05, 0) is 24.3 Å². The van der Waals surface area contributed by atoms with Crippen molar-refractivity contribution in [2.45, 2.75) is 0 Å². The second kappa shape index (κ2) is 5.05. The molecule has 3 aromatic rings. The van der Waals surface area contributed by atoms with Crippen LogP contribution in [-0.2, 0) is 0 Å². The summed E-state index contributed by atoms with van der Waals surface area (Å²) in [5.74, 6) is 0.0256. The number of aromatic amines is 1. The summed E-state index contributed by atoms with van der Waals surface area (Å²) in [5, 5.41) is 6.88. The summed E-state index contributed by atoms with van der Waals surface area (Å²) >= 11 is 3.41. The number of rotatable bonds is 2. The Labute approximate surface area is 123 Å². The lowest BCUT2D eigenvalue weighted by Gasteiger charge is -2.06.